The van der Waals surface area contributed by atoms with E-state index in [0.29, 0.717) is 23.6 Å². The Morgan fingerprint density at radius 1 is 1.19 bits per heavy atom. The summed E-state index contributed by atoms with van der Waals surface area (Å²) in [5, 5.41) is 22.2. The van der Waals surface area contributed by atoms with Crippen LogP contribution in [0.3, 0.4) is 0 Å². The average Bonchev–Trinajstić information content (AvgIpc) is 2.74. The van der Waals surface area contributed by atoms with Crippen molar-refractivity contribution in [2.75, 3.05) is 6.61 Å². The van der Waals surface area contributed by atoms with E-state index in [4.69, 9.17) is 10.2 Å². The predicted octanol–water partition coefficient (Wildman–Crippen LogP) is -0.175. The first-order valence-electron chi connectivity index (χ1n) is 4.90. The fourth-order valence-electron chi connectivity index (χ4n) is 1.43. The minimum atomic E-state index is -0.118. The van der Waals surface area contributed by atoms with Gasteiger partial charge in [0.05, 0.1) is 31.6 Å². The standard InChI is InChI=1S/C10H12N4O2/c15-4-3-14-8(7-16)5-9(13-14)10-6-11-1-2-12-10/h1-2,5-6,15-16H,3-4,7H2. The van der Waals surface area contributed by atoms with Crippen molar-refractivity contribution >= 4 is 0 Å². The lowest BCUT2D eigenvalue weighted by Crippen LogP contribution is -2.07. The molecule has 0 amide bonds. The largest absolute Gasteiger partial charge is 0.394 e. The lowest BCUT2D eigenvalue weighted by molar-refractivity contribution is 0.244. The molecule has 0 aliphatic rings. The maximum absolute atomic E-state index is 9.13. The third kappa shape index (κ3) is 2.07. The summed E-state index contributed by atoms with van der Waals surface area (Å²) >= 11 is 0. The van der Waals surface area contributed by atoms with E-state index in [0.717, 1.165) is 0 Å². The molecule has 0 aromatic carbocycles. The Balaban J connectivity index is 2.36. The summed E-state index contributed by atoms with van der Waals surface area (Å²) in [5.74, 6) is 0. The van der Waals surface area contributed by atoms with Crippen LogP contribution in [0, 0.1) is 0 Å². The lowest BCUT2D eigenvalue weighted by Gasteiger charge is -2.01. The number of aliphatic hydroxyl groups excluding tert-OH is 2. The molecule has 2 aromatic rings. The molecular weight excluding hydrogens is 208 g/mol. The summed E-state index contributed by atoms with van der Waals surface area (Å²) in [5.41, 5.74) is 1.94. The molecule has 2 heterocycles. The topological polar surface area (TPSA) is 84.1 Å². The molecule has 0 atom stereocenters. The fraction of sp³-hybridized carbons (Fsp3) is 0.300. The van der Waals surface area contributed by atoms with Crippen LogP contribution in [0.5, 0.6) is 0 Å². The van der Waals surface area contributed by atoms with E-state index in [1.165, 1.54) is 0 Å². The first-order chi connectivity index (χ1) is 7.85. The Labute approximate surface area is 92.2 Å². The first-order valence-corrected chi connectivity index (χ1v) is 4.90. The van der Waals surface area contributed by atoms with Crippen LogP contribution in [0.1, 0.15) is 5.69 Å². The third-order valence-electron chi connectivity index (χ3n) is 2.16. The minimum absolute atomic E-state index is 0.0193. The molecule has 0 bridgehead atoms. The van der Waals surface area contributed by atoms with E-state index < -0.39 is 0 Å². The molecule has 0 unspecified atom stereocenters. The summed E-state index contributed by atoms with van der Waals surface area (Å²) in [6.07, 6.45) is 4.77. The van der Waals surface area contributed by atoms with Crippen LogP contribution in [0.25, 0.3) is 11.4 Å². The van der Waals surface area contributed by atoms with E-state index >= 15 is 0 Å². The van der Waals surface area contributed by atoms with E-state index in [1.54, 1.807) is 29.3 Å². The molecule has 0 aliphatic heterocycles. The number of aromatic nitrogens is 4. The van der Waals surface area contributed by atoms with E-state index in [2.05, 4.69) is 15.1 Å². The van der Waals surface area contributed by atoms with Gasteiger partial charge in [-0.1, -0.05) is 0 Å². The molecule has 0 radical (unpaired) electrons. The van der Waals surface area contributed by atoms with Crippen molar-refractivity contribution < 1.29 is 10.2 Å². The highest BCUT2D eigenvalue weighted by Gasteiger charge is 2.09. The summed E-state index contributed by atoms with van der Waals surface area (Å²) in [7, 11) is 0. The van der Waals surface area contributed by atoms with Crippen LogP contribution in [-0.4, -0.2) is 36.6 Å². The monoisotopic (exact) mass is 220 g/mol. The van der Waals surface area contributed by atoms with E-state index in [1.807, 2.05) is 0 Å². The second-order valence-electron chi connectivity index (χ2n) is 3.22. The van der Waals surface area contributed by atoms with Crippen molar-refractivity contribution in [1.29, 1.82) is 0 Å². The first kappa shape index (κ1) is 10.7. The maximum atomic E-state index is 9.13. The average molecular weight is 220 g/mol. The summed E-state index contributed by atoms with van der Waals surface area (Å²) < 4.78 is 1.56. The van der Waals surface area contributed by atoms with E-state index in [-0.39, 0.29) is 13.2 Å². The van der Waals surface area contributed by atoms with Gasteiger partial charge in [0.1, 0.15) is 11.4 Å². The summed E-state index contributed by atoms with van der Waals surface area (Å²) in [6, 6.07) is 1.74. The van der Waals surface area contributed by atoms with Gasteiger partial charge in [-0.05, 0) is 6.07 Å². The van der Waals surface area contributed by atoms with Gasteiger partial charge in [0.15, 0.2) is 0 Å². The van der Waals surface area contributed by atoms with Gasteiger partial charge in [-0.3, -0.25) is 14.6 Å². The number of nitrogens with zero attached hydrogens (tertiary/aromatic N) is 4. The van der Waals surface area contributed by atoms with Gasteiger partial charge >= 0.3 is 0 Å². The molecule has 2 rings (SSSR count). The number of rotatable bonds is 4. The lowest BCUT2D eigenvalue weighted by atomic mass is 10.3. The Kier molecular flexibility index (Phi) is 3.23. The van der Waals surface area contributed by atoms with Crippen molar-refractivity contribution in [2.45, 2.75) is 13.2 Å². The zero-order chi connectivity index (χ0) is 11.4. The van der Waals surface area contributed by atoms with Crippen molar-refractivity contribution in [1.82, 2.24) is 19.7 Å². The van der Waals surface area contributed by atoms with Crippen molar-refractivity contribution in [3.8, 4) is 11.4 Å². The second kappa shape index (κ2) is 4.82. The van der Waals surface area contributed by atoms with Crippen molar-refractivity contribution in [2.24, 2.45) is 0 Å². The fourth-order valence-corrected chi connectivity index (χ4v) is 1.43. The van der Waals surface area contributed by atoms with Crippen LogP contribution >= 0.6 is 0 Å². The molecule has 0 saturated heterocycles. The molecule has 84 valence electrons. The second-order valence-corrected chi connectivity index (χ2v) is 3.22. The highest BCUT2D eigenvalue weighted by atomic mass is 16.3. The summed E-state index contributed by atoms with van der Waals surface area (Å²) in [4.78, 5) is 8.06. The van der Waals surface area contributed by atoms with Crippen LogP contribution in [-0.2, 0) is 13.2 Å². The quantitative estimate of drug-likeness (QED) is 0.747. The predicted molar refractivity (Wildman–Crippen MR) is 56.3 cm³/mol. The Bertz CT molecular complexity index is 455. The van der Waals surface area contributed by atoms with Crippen LogP contribution in [0.4, 0.5) is 0 Å². The Hall–Kier alpha value is -1.79. The van der Waals surface area contributed by atoms with Gasteiger partial charge in [-0.25, -0.2) is 0 Å². The zero-order valence-corrected chi connectivity index (χ0v) is 8.61. The van der Waals surface area contributed by atoms with Gasteiger partial charge in [0.25, 0.3) is 0 Å². The van der Waals surface area contributed by atoms with Crippen molar-refractivity contribution in [3.05, 3.63) is 30.4 Å². The van der Waals surface area contributed by atoms with Crippen molar-refractivity contribution in [3.63, 3.8) is 0 Å². The van der Waals surface area contributed by atoms with Gasteiger partial charge in [0, 0.05) is 12.4 Å². The van der Waals surface area contributed by atoms with Crippen LogP contribution < -0.4 is 0 Å². The molecular formula is C10H12N4O2. The Morgan fingerprint density at radius 2 is 2.06 bits per heavy atom. The number of hydrogen-bond donors (Lipinski definition) is 2. The molecule has 16 heavy (non-hydrogen) atoms. The zero-order valence-electron chi connectivity index (χ0n) is 8.61. The molecule has 6 heteroatoms. The molecule has 0 fully saturated rings. The smallest absolute Gasteiger partial charge is 0.113 e. The number of aliphatic hydroxyl groups is 2. The van der Waals surface area contributed by atoms with Gasteiger partial charge in [0.2, 0.25) is 0 Å². The van der Waals surface area contributed by atoms with Gasteiger partial charge in [-0.2, -0.15) is 5.10 Å². The SMILES string of the molecule is OCCn1nc(-c2cnccn2)cc1CO. The van der Waals surface area contributed by atoms with Crippen LogP contribution in [0.2, 0.25) is 0 Å². The highest BCUT2D eigenvalue weighted by Crippen LogP contribution is 2.15. The molecule has 0 spiro atoms. The van der Waals surface area contributed by atoms with Gasteiger partial charge < -0.3 is 10.2 Å². The molecule has 2 N–H and O–H groups in total. The van der Waals surface area contributed by atoms with Gasteiger partial charge in [-0.15, -0.1) is 0 Å². The highest BCUT2D eigenvalue weighted by molar-refractivity contribution is 5.52. The maximum Gasteiger partial charge on any atom is 0.113 e. The number of hydrogen-bond acceptors (Lipinski definition) is 5. The normalized spacial score (nSPS) is 10.6. The minimum Gasteiger partial charge on any atom is -0.394 e. The Morgan fingerprint density at radius 3 is 2.69 bits per heavy atom. The summed E-state index contributed by atoms with van der Waals surface area (Å²) in [6.45, 7) is 0.220. The molecule has 0 aliphatic carbocycles. The molecule has 6 nitrogen and oxygen atoms in total. The molecule has 2 aromatic heterocycles. The third-order valence-corrected chi connectivity index (χ3v) is 2.16. The van der Waals surface area contributed by atoms with Crippen LogP contribution in [0.15, 0.2) is 24.7 Å². The van der Waals surface area contributed by atoms with E-state index in [9.17, 15) is 0 Å². The molecule has 0 saturated carbocycles.